The number of carbonyl (C=O) groups excluding carboxylic acids is 1. The van der Waals surface area contributed by atoms with E-state index in [1.807, 2.05) is 41.1 Å². The van der Waals surface area contributed by atoms with Crippen molar-refractivity contribution in [2.45, 2.75) is 0 Å². The molecule has 1 aliphatic rings. The minimum atomic E-state index is 0.153. The summed E-state index contributed by atoms with van der Waals surface area (Å²) in [4.78, 5) is 16.2. The van der Waals surface area contributed by atoms with Crippen LogP contribution in [0.5, 0.6) is 0 Å². The summed E-state index contributed by atoms with van der Waals surface area (Å²) >= 11 is 0. The summed E-state index contributed by atoms with van der Waals surface area (Å²) < 4.78 is 0. The van der Waals surface area contributed by atoms with Crippen LogP contribution in [0.3, 0.4) is 0 Å². The van der Waals surface area contributed by atoms with E-state index >= 15 is 0 Å². The quantitative estimate of drug-likeness (QED) is 0.890. The summed E-state index contributed by atoms with van der Waals surface area (Å²) in [6, 6.07) is 7.84. The third-order valence-electron chi connectivity index (χ3n) is 3.78. The van der Waals surface area contributed by atoms with E-state index in [0.717, 1.165) is 42.8 Å². The highest BCUT2D eigenvalue weighted by Gasteiger charge is 2.18. The summed E-state index contributed by atoms with van der Waals surface area (Å²) in [5, 5.41) is 12.4. The van der Waals surface area contributed by atoms with Crippen molar-refractivity contribution in [1.82, 2.24) is 20.4 Å². The first kappa shape index (κ1) is 13.8. The molecule has 1 amide bonds. The van der Waals surface area contributed by atoms with Crippen LogP contribution in [0, 0.1) is 0 Å². The molecule has 1 aromatic carbocycles. The Morgan fingerprint density at radius 3 is 2.90 bits per heavy atom. The predicted octanol–water partition coefficient (Wildman–Crippen LogP) is 0.498. The van der Waals surface area contributed by atoms with Crippen LogP contribution in [0.1, 0.15) is 0 Å². The van der Waals surface area contributed by atoms with Gasteiger partial charge < -0.3 is 15.1 Å². The largest absolute Gasteiger partial charge is 0.363 e. The van der Waals surface area contributed by atoms with E-state index in [9.17, 15) is 4.79 Å². The zero-order chi connectivity index (χ0) is 14.7. The van der Waals surface area contributed by atoms with Gasteiger partial charge in [0.15, 0.2) is 0 Å². The number of rotatable bonds is 3. The van der Waals surface area contributed by atoms with Gasteiger partial charge >= 0.3 is 0 Å². The number of amides is 1. The van der Waals surface area contributed by atoms with E-state index in [0.29, 0.717) is 6.54 Å². The van der Waals surface area contributed by atoms with Crippen LogP contribution in [0.4, 0.5) is 5.69 Å². The Morgan fingerprint density at radius 2 is 2.10 bits per heavy atom. The average Bonchev–Trinajstić information content (AvgIpc) is 2.55. The van der Waals surface area contributed by atoms with Crippen molar-refractivity contribution in [2.75, 3.05) is 44.7 Å². The highest BCUT2D eigenvalue weighted by atomic mass is 16.2. The summed E-state index contributed by atoms with van der Waals surface area (Å²) in [7, 11) is 1.92. The Morgan fingerprint density at radius 1 is 1.33 bits per heavy atom. The molecule has 6 nitrogen and oxygen atoms in total. The second kappa shape index (κ2) is 6.05. The van der Waals surface area contributed by atoms with E-state index in [1.54, 1.807) is 6.20 Å². The Hall–Kier alpha value is -2.21. The number of nitrogens with zero attached hydrogens (tertiary/aromatic N) is 4. The first-order chi connectivity index (χ1) is 10.3. The molecule has 0 aliphatic carbocycles. The van der Waals surface area contributed by atoms with Gasteiger partial charge in [-0.2, -0.15) is 10.2 Å². The van der Waals surface area contributed by atoms with Gasteiger partial charge in [-0.3, -0.25) is 4.79 Å². The topological polar surface area (TPSA) is 61.4 Å². The van der Waals surface area contributed by atoms with Crippen molar-refractivity contribution < 1.29 is 4.79 Å². The fourth-order valence-electron chi connectivity index (χ4n) is 2.60. The number of benzene rings is 1. The maximum Gasteiger partial charge on any atom is 0.242 e. The van der Waals surface area contributed by atoms with Crippen LogP contribution < -0.4 is 10.2 Å². The predicted molar refractivity (Wildman–Crippen MR) is 82.3 cm³/mol. The standard InChI is InChI=1S/C15H19N5O/c1-19(11-15(21)20-8-6-16-7-9-20)14-10-17-18-13-5-3-2-4-12(13)14/h2-5,10,16H,6-9,11H2,1H3. The van der Waals surface area contributed by atoms with Gasteiger partial charge in [0.1, 0.15) is 0 Å². The zero-order valence-corrected chi connectivity index (χ0v) is 12.1. The maximum atomic E-state index is 12.3. The number of likely N-dealkylation sites (N-methyl/N-ethyl adjacent to an activating group) is 1. The zero-order valence-electron chi connectivity index (χ0n) is 12.1. The minimum Gasteiger partial charge on any atom is -0.363 e. The number of piperazine rings is 1. The Bertz CT molecular complexity index is 634. The first-order valence-corrected chi connectivity index (χ1v) is 7.16. The van der Waals surface area contributed by atoms with Crippen LogP contribution in [0.25, 0.3) is 10.9 Å². The van der Waals surface area contributed by atoms with Crippen molar-refractivity contribution in [3.8, 4) is 0 Å². The van der Waals surface area contributed by atoms with Crippen molar-refractivity contribution in [3.63, 3.8) is 0 Å². The van der Waals surface area contributed by atoms with Crippen molar-refractivity contribution in [1.29, 1.82) is 0 Å². The Kier molecular flexibility index (Phi) is 3.96. The van der Waals surface area contributed by atoms with E-state index in [-0.39, 0.29) is 5.91 Å². The van der Waals surface area contributed by atoms with Gasteiger partial charge in [0, 0.05) is 38.6 Å². The van der Waals surface area contributed by atoms with Gasteiger partial charge in [0.2, 0.25) is 5.91 Å². The lowest BCUT2D eigenvalue weighted by molar-refractivity contribution is -0.130. The summed E-state index contributed by atoms with van der Waals surface area (Å²) in [6.07, 6.45) is 1.72. The highest BCUT2D eigenvalue weighted by Crippen LogP contribution is 2.22. The van der Waals surface area contributed by atoms with E-state index < -0.39 is 0 Å². The Labute approximate surface area is 123 Å². The van der Waals surface area contributed by atoms with Gasteiger partial charge in [0.25, 0.3) is 0 Å². The molecule has 0 unspecified atom stereocenters. The number of hydrogen-bond donors (Lipinski definition) is 1. The number of carbonyl (C=O) groups is 1. The number of nitrogens with one attached hydrogen (secondary N) is 1. The lowest BCUT2D eigenvalue weighted by Gasteiger charge is -2.30. The molecular weight excluding hydrogens is 266 g/mol. The summed E-state index contributed by atoms with van der Waals surface area (Å²) in [6.45, 7) is 3.66. The van der Waals surface area contributed by atoms with Crippen LogP contribution >= 0.6 is 0 Å². The molecule has 0 bridgehead atoms. The molecular formula is C15H19N5O. The molecule has 0 radical (unpaired) electrons. The average molecular weight is 285 g/mol. The maximum absolute atomic E-state index is 12.3. The molecule has 2 aromatic rings. The highest BCUT2D eigenvalue weighted by molar-refractivity contribution is 5.92. The van der Waals surface area contributed by atoms with Crippen LogP contribution in [-0.2, 0) is 4.79 Å². The molecule has 1 aliphatic heterocycles. The second-order valence-corrected chi connectivity index (χ2v) is 5.23. The monoisotopic (exact) mass is 285 g/mol. The van der Waals surface area contributed by atoms with E-state index in [2.05, 4.69) is 15.5 Å². The summed E-state index contributed by atoms with van der Waals surface area (Å²) in [5.74, 6) is 0.153. The second-order valence-electron chi connectivity index (χ2n) is 5.23. The first-order valence-electron chi connectivity index (χ1n) is 7.16. The molecule has 1 aromatic heterocycles. The normalized spacial score (nSPS) is 15.2. The lowest BCUT2D eigenvalue weighted by Crippen LogP contribution is -2.49. The number of aromatic nitrogens is 2. The van der Waals surface area contributed by atoms with Crippen molar-refractivity contribution >= 4 is 22.5 Å². The van der Waals surface area contributed by atoms with Crippen molar-refractivity contribution in [3.05, 3.63) is 30.5 Å². The number of fused-ring (bicyclic) bond motifs is 1. The molecule has 1 fully saturated rings. The molecule has 6 heteroatoms. The number of hydrogen-bond acceptors (Lipinski definition) is 5. The minimum absolute atomic E-state index is 0.153. The fraction of sp³-hybridized carbons (Fsp3) is 0.400. The van der Waals surface area contributed by atoms with E-state index in [4.69, 9.17) is 0 Å². The molecule has 110 valence electrons. The SMILES string of the molecule is CN(CC(=O)N1CCNCC1)c1cnnc2ccccc12. The van der Waals surface area contributed by atoms with Gasteiger partial charge in [-0.25, -0.2) is 0 Å². The number of anilines is 1. The molecule has 3 rings (SSSR count). The van der Waals surface area contributed by atoms with Gasteiger partial charge in [-0.05, 0) is 6.07 Å². The van der Waals surface area contributed by atoms with E-state index in [1.165, 1.54) is 0 Å². The van der Waals surface area contributed by atoms with Crippen LogP contribution in [0.15, 0.2) is 30.5 Å². The lowest BCUT2D eigenvalue weighted by atomic mass is 10.2. The summed E-state index contributed by atoms with van der Waals surface area (Å²) in [5.41, 5.74) is 1.78. The fourth-order valence-corrected chi connectivity index (χ4v) is 2.60. The van der Waals surface area contributed by atoms with Crippen LogP contribution in [-0.4, -0.2) is 60.8 Å². The van der Waals surface area contributed by atoms with Gasteiger partial charge in [-0.15, -0.1) is 0 Å². The third kappa shape index (κ3) is 2.95. The molecule has 2 heterocycles. The molecule has 1 saturated heterocycles. The Balaban J connectivity index is 1.77. The van der Waals surface area contributed by atoms with Crippen LogP contribution in [0.2, 0.25) is 0 Å². The van der Waals surface area contributed by atoms with Gasteiger partial charge in [0.05, 0.1) is 23.9 Å². The smallest absolute Gasteiger partial charge is 0.242 e. The van der Waals surface area contributed by atoms with Gasteiger partial charge in [-0.1, -0.05) is 18.2 Å². The molecule has 21 heavy (non-hydrogen) atoms. The third-order valence-corrected chi connectivity index (χ3v) is 3.78. The molecule has 1 N–H and O–H groups in total. The molecule has 0 spiro atoms. The molecule has 0 atom stereocenters. The van der Waals surface area contributed by atoms with Crippen molar-refractivity contribution in [2.24, 2.45) is 0 Å². The molecule has 0 saturated carbocycles.